The van der Waals surface area contributed by atoms with Crippen LogP contribution in [0, 0.1) is 5.92 Å². The summed E-state index contributed by atoms with van der Waals surface area (Å²) in [5, 5.41) is 0. The monoisotopic (exact) mass is 252 g/mol. The first kappa shape index (κ1) is 13.9. The quantitative estimate of drug-likeness (QED) is 0.641. The Morgan fingerprint density at radius 1 is 0.737 bits per heavy atom. The Hall–Kier alpha value is -1.56. The molecule has 2 aromatic rings. The number of benzene rings is 2. The third-order valence-electron chi connectivity index (χ3n) is 3.89. The van der Waals surface area contributed by atoms with Crippen molar-refractivity contribution >= 4 is 0 Å². The summed E-state index contributed by atoms with van der Waals surface area (Å²) >= 11 is 0. The maximum absolute atomic E-state index is 2.37. The van der Waals surface area contributed by atoms with Gasteiger partial charge in [0, 0.05) is 0 Å². The van der Waals surface area contributed by atoms with Crippen molar-refractivity contribution in [2.45, 2.75) is 39.0 Å². The highest BCUT2D eigenvalue weighted by Crippen LogP contribution is 2.24. The van der Waals surface area contributed by atoms with Crippen LogP contribution in [0.1, 0.15) is 43.7 Å². The SMILES string of the molecule is CC(CCC(C)c1ccccc1)Cc1ccccc1. The Kier molecular flexibility index (Phi) is 5.20. The average molecular weight is 252 g/mol. The van der Waals surface area contributed by atoms with Crippen LogP contribution in [0.2, 0.25) is 0 Å². The van der Waals surface area contributed by atoms with E-state index in [1.165, 1.54) is 30.4 Å². The third-order valence-corrected chi connectivity index (χ3v) is 3.89. The molecular weight excluding hydrogens is 228 g/mol. The highest BCUT2D eigenvalue weighted by molar-refractivity contribution is 5.18. The summed E-state index contributed by atoms with van der Waals surface area (Å²) < 4.78 is 0. The average Bonchev–Trinajstić information content (AvgIpc) is 2.47. The van der Waals surface area contributed by atoms with Crippen LogP contribution in [0.4, 0.5) is 0 Å². The minimum absolute atomic E-state index is 0.666. The Morgan fingerprint density at radius 2 is 1.32 bits per heavy atom. The molecule has 0 fully saturated rings. The molecule has 0 aliphatic carbocycles. The van der Waals surface area contributed by atoms with Crippen LogP contribution in [0.25, 0.3) is 0 Å². The van der Waals surface area contributed by atoms with Crippen molar-refractivity contribution in [3.8, 4) is 0 Å². The molecule has 0 aromatic heterocycles. The molecule has 0 heteroatoms. The molecule has 100 valence electrons. The minimum Gasteiger partial charge on any atom is -0.0622 e. The molecule has 0 N–H and O–H groups in total. The molecule has 2 rings (SSSR count). The number of rotatable bonds is 6. The first-order chi connectivity index (χ1) is 9.25. The topological polar surface area (TPSA) is 0 Å². The number of hydrogen-bond acceptors (Lipinski definition) is 0. The first-order valence-corrected chi connectivity index (χ1v) is 7.34. The van der Waals surface area contributed by atoms with Gasteiger partial charge in [-0.25, -0.2) is 0 Å². The highest BCUT2D eigenvalue weighted by atomic mass is 14.1. The van der Waals surface area contributed by atoms with Crippen molar-refractivity contribution in [3.05, 3.63) is 71.8 Å². The molecular formula is C19H24. The van der Waals surface area contributed by atoms with Gasteiger partial charge in [0.15, 0.2) is 0 Å². The van der Waals surface area contributed by atoms with E-state index in [0.29, 0.717) is 5.92 Å². The van der Waals surface area contributed by atoms with Crippen molar-refractivity contribution in [1.82, 2.24) is 0 Å². The lowest BCUT2D eigenvalue weighted by Gasteiger charge is -2.16. The maximum Gasteiger partial charge on any atom is -0.0190 e. The zero-order valence-corrected chi connectivity index (χ0v) is 12.0. The van der Waals surface area contributed by atoms with E-state index in [0.717, 1.165) is 5.92 Å². The van der Waals surface area contributed by atoms with E-state index in [4.69, 9.17) is 0 Å². The van der Waals surface area contributed by atoms with E-state index in [2.05, 4.69) is 74.5 Å². The summed E-state index contributed by atoms with van der Waals surface area (Å²) in [6.45, 7) is 4.70. The Balaban J connectivity index is 1.79. The van der Waals surface area contributed by atoms with Crippen molar-refractivity contribution in [2.24, 2.45) is 5.92 Å². The zero-order chi connectivity index (χ0) is 13.5. The summed E-state index contributed by atoms with van der Waals surface area (Å²) in [4.78, 5) is 0. The van der Waals surface area contributed by atoms with E-state index in [9.17, 15) is 0 Å². The summed E-state index contributed by atoms with van der Waals surface area (Å²) in [6, 6.07) is 21.7. The fourth-order valence-corrected chi connectivity index (χ4v) is 2.60. The smallest absolute Gasteiger partial charge is 0.0190 e. The first-order valence-electron chi connectivity index (χ1n) is 7.34. The molecule has 19 heavy (non-hydrogen) atoms. The second-order valence-electron chi connectivity index (χ2n) is 5.68. The fourth-order valence-electron chi connectivity index (χ4n) is 2.60. The van der Waals surface area contributed by atoms with Crippen LogP contribution in [0.15, 0.2) is 60.7 Å². The van der Waals surface area contributed by atoms with Crippen LogP contribution in [0.5, 0.6) is 0 Å². The van der Waals surface area contributed by atoms with Gasteiger partial charge in [0.25, 0.3) is 0 Å². The largest absolute Gasteiger partial charge is 0.0622 e. The Bertz CT molecular complexity index is 458. The van der Waals surface area contributed by atoms with Crippen LogP contribution < -0.4 is 0 Å². The molecule has 0 radical (unpaired) electrons. The van der Waals surface area contributed by atoms with E-state index >= 15 is 0 Å². The lowest BCUT2D eigenvalue weighted by atomic mass is 9.90. The van der Waals surface area contributed by atoms with Gasteiger partial charge in [0.2, 0.25) is 0 Å². The van der Waals surface area contributed by atoms with E-state index in [-0.39, 0.29) is 0 Å². The third kappa shape index (κ3) is 4.55. The molecule has 0 amide bonds. The van der Waals surface area contributed by atoms with Gasteiger partial charge < -0.3 is 0 Å². The van der Waals surface area contributed by atoms with Gasteiger partial charge >= 0.3 is 0 Å². The van der Waals surface area contributed by atoms with Crippen LogP contribution >= 0.6 is 0 Å². The molecule has 0 aliphatic rings. The summed E-state index contributed by atoms with van der Waals surface area (Å²) in [5.41, 5.74) is 2.93. The molecule has 0 heterocycles. The predicted octanol–water partition coefficient (Wildman–Crippen LogP) is 5.45. The van der Waals surface area contributed by atoms with E-state index in [1.807, 2.05) is 0 Å². The molecule has 0 saturated carbocycles. The van der Waals surface area contributed by atoms with E-state index < -0.39 is 0 Å². The number of hydrogen-bond donors (Lipinski definition) is 0. The molecule has 0 saturated heterocycles. The van der Waals surface area contributed by atoms with Gasteiger partial charge in [-0.15, -0.1) is 0 Å². The van der Waals surface area contributed by atoms with Gasteiger partial charge in [-0.3, -0.25) is 0 Å². The summed E-state index contributed by atoms with van der Waals surface area (Å²) in [6.07, 6.45) is 3.77. The van der Waals surface area contributed by atoms with Gasteiger partial charge in [-0.1, -0.05) is 74.5 Å². The second-order valence-corrected chi connectivity index (χ2v) is 5.68. The van der Waals surface area contributed by atoms with E-state index in [1.54, 1.807) is 0 Å². The van der Waals surface area contributed by atoms with Crippen molar-refractivity contribution in [1.29, 1.82) is 0 Å². The van der Waals surface area contributed by atoms with Gasteiger partial charge in [-0.05, 0) is 42.2 Å². The summed E-state index contributed by atoms with van der Waals surface area (Å²) in [7, 11) is 0. The summed E-state index contributed by atoms with van der Waals surface area (Å²) in [5.74, 6) is 1.42. The Labute approximate surface area is 117 Å². The molecule has 2 atom stereocenters. The van der Waals surface area contributed by atoms with Crippen LogP contribution in [-0.2, 0) is 6.42 Å². The van der Waals surface area contributed by atoms with Gasteiger partial charge in [0.05, 0.1) is 0 Å². The van der Waals surface area contributed by atoms with Crippen LogP contribution in [0.3, 0.4) is 0 Å². The van der Waals surface area contributed by atoms with Crippen molar-refractivity contribution < 1.29 is 0 Å². The van der Waals surface area contributed by atoms with Gasteiger partial charge in [-0.2, -0.15) is 0 Å². The van der Waals surface area contributed by atoms with Gasteiger partial charge in [0.1, 0.15) is 0 Å². The fraction of sp³-hybridized carbons (Fsp3) is 0.368. The second kappa shape index (κ2) is 7.13. The van der Waals surface area contributed by atoms with Crippen LogP contribution in [-0.4, -0.2) is 0 Å². The van der Waals surface area contributed by atoms with Crippen molar-refractivity contribution in [2.75, 3.05) is 0 Å². The Morgan fingerprint density at radius 3 is 1.95 bits per heavy atom. The maximum atomic E-state index is 2.37. The normalized spacial score (nSPS) is 14.0. The lowest BCUT2D eigenvalue weighted by Crippen LogP contribution is -2.02. The minimum atomic E-state index is 0.666. The molecule has 0 nitrogen and oxygen atoms in total. The highest BCUT2D eigenvalue weighted by Gasteiger charge is 2.09. The predicted molar refractivity (Wildman–Crippen MR) is 83.4 cm³/mol. The van der Waals surface area contributed by atoms with Crippen molar-refractivity contribution in [3.63, 3.8) is 0 Å². The lowest BCUT2D eigenvalue weighted by molar-refractivity contribution is 0.480. The molecule has 2 unspecified atom stereocenters. The molecule has 0 aliphatic heterocycles. The molecule has 0 bridgehead atoms. The molecule has 0 spiro atoms. The standard InChI is InChI=1S/C19H24/c1-16(15-18-9-5-3-6-10-18)13-14-17(2)19-11-7-4-8-12-19/h3-12,16-17H,13-15H2,1-2H3. The zero-order valence-electron chi connectivity index (χ0n) is 12.0. The molecule has 2 aromatic carbocycles.